The van der Waals surface area contributed by atoms with E-state index in [1.807, 2.05) is 5.43 Å². The van der Waals surface area contributed by atoms with Crippen LogP contribution in [0.3, 0.4) is 0 Å². The van der Waals surface area contributed by atoms with Crippen LogP contribution in [0, 0.1) is 5.92 Å². The van der Waals surface area contributed by atoms with E-state index in [4.69, 9.17) is 5.84 Å². The number of halogens is 3. The lowest BCUT2D eigenvalue weighted by atomic mass is 10.0. The number of hydrazine groups is 1. The minimum atomic E-state index is -4.17. The lowest BCUT2D eigenvalue weighted by Crippen LogP contribution is -2.45. The van der Waals surface area contributed by atoms with Crippen molar-refractivity contribution in [1.29, 1.82) is 0 Å². The maximum atomic E-state index is 12.0. The zero-order valence-electron chi connectivity index (χ0n) is 9.64. The van der Waals surface area contributed by atoms with E-state index in [1.165, 1.54) is 4.90 Å². The van der Waals surface area contributed by atoms with Gasteiger partial charge < -0.3 is 4.90 Å². The molecule has 0 radical (unpaired) electrons. The first-order valence-corrected chi connectivity index (χ1v) is 4.96. The molecule has 96 valence electrons. The average Bonchev–Trinajstić information content (AvgIpc) is 2.21. The van der Waals surface area contributed by atoms with E-state index in [1.54, 1.807) is 20.9 Å². The van der Waals surface area contributed by atoms with Crippen molar-refractivity contribution in [3.05, 3.63) is 0 Å². The zero-order valence-corrected chi connectivity index (χ0v) is 9.64. The molecule has 0 spiro atoms. The summed E-state index contributed by atoms with van der Waals surface area (Å²) < 4.78 is 35.9. The summed E-state index contributed by atoms with van der Waals surface area (Å²) in [5.74, 6) is 4.12. The Morgan fingerprint density at radius 1 is 1.44 bits per heavy atom. The second-order valence-electron chi connectivity index (χ2n) is 3.88. The molecule has 2 atom stereocenters. The van der Waals surface area contributed by atoms with Crippen molar-refractivity contribution in [2.45, 2.75) is 32.5 Å². The van der Waals surface area contributed by atoms with Crippen LogP contribution in [0.15, 0.2) is 0 Å². The van der Waals surface area contributed by atoms with E-state index < -0.39 is 18.5 Å². The molecule has 16 heavy (non-hydrogen) atoms. The lowest BCUT2D eigenvalue weighted by Gasteiger charge is -2.28. The molecular formula is C9H18F3N3O. The largest absolute Gasteiger partial charge is 0.390 e. The van der Waals surface area contributed by atoms with Crippen LogP contribution in [0.25, 0.3) is 0 Å². The van der Waals surface area contributed by atoms with E-state index in [0.29, 0.717) is 0 Å². The minimum absolute atomic E-state index is 0.132. The first-order chi connectivity index (χ1) is 7.19. The SMILES string of the molecule is CC(C(=O)NN)C(C)N(C)CCC(F)(F)F. The number of amides is 1. The lowest BCUT2D eigenvalue weighted by molar-refractivity contribution is -0.139. The summed E-state index contributed by atoms with van der Waals surface area (Å²) in [6.45, 7) is 3.18. The van der Waals surface area contributed by atoms with Gasteiger partial charge in [-0.1, -0.05) is 6.92 Å². The molecule has 0 saturated carbocycles. The molecule has 1 amide bonds. The van der Waals surface area contributed by atoms with Gasteiger partial charge in [0.1, 0.15) is 0 Å². The highest BCUT2D eigenvalue weighted by molar-refractivity contribution is 5.78. The monoisotopic (exact) mass is 241 g/mol. The summed E-state index contributed by atoms with van der Waals surface area (Å²) >= 11 is 0. The van der Waals surface area contributed by atoms with Crippen LogP contribution < -0.4 is 11.3 Å². The van der Waals surface area contributed by atoms with Gasteiger partial charge in [0.25, 0.3) is 0 Å². The molecule has 0 aliphatic heterocycles. The fourth-order valence-corrected chi connectivity index (χ4v) is 1.24. The normalized spacial score (nSPS) is 16.0. The molecule has 3 N–H and O–H groups in total. The Hall–Kier alpha value is -0.820. The Morgan fingerprint density at radius 2 is 1.94 bits per heavy atom. The number of hydrogen-bond donors (Lipinski definition) is 2. The fraction of sp³-hybridized carbons (Fsp3) is 0.889. The van der Waals surface area contributed by atoms with Crippen LogP contribution in [0.4, 0.5) is 13.2 Å². The number of nitrogens with zero attached hydrogens (tertiary/aromatic N) is 1. The molecule has 2 unspecified atom stereocenters. The minimum Gasteiger partial charge on any atom is -0.303 e. The molecule has 0 fully saturated rings. The molecular weight excluding hydrogens is 223 g/mol. The van der Waals surface area contributed by atoms with Crippen molar-refractivity contribution < 1.29 is 18.0 Å². The highest BCUT2D eigenvalue weighted by Crippen LogP contribution is 2.20. The maximum Gasteiger partial charge on any atom is 0.390 e. The van der Waals surface area contributed by atoms with Gasteiger partial charge in [0.05, 0.1) is 12.3 Å². The van der Waals surface area contributed by atoms with Crippen LogP contribution in [0.1, 0.15) is 20.3 Å². The van der Waals surface area contributed by atoms with Gasteiger partial charge in [0.15, 0.2) is 0 Å². The number of rotatable bonds is 5. The predicted molar refractivity (Wildman–Crippen MR) is 54.3 cm³/mol. The molecule has 0 aromatic carbocycles. The fourth-order valence-electron chi connectivity index (χ4n) is 1.24. The maximum absolute atomic E-state index is 12.0. The first-order valence-electron chi connectivity index (χ1n) is 4.96. The van der Waals surface area contributed by atoms with E-state index in [9.17, 15) is 18.0 Å². The highest BCUT2D eigenvalue weighted by atomic mass is 19.4. The number of nitrogens with one attached hydrogen (secondary N) is 1. The molecule has 7 heteroatoms. The van der Waals surface area contributed by atoms with E-state index in [2.05, 4.69) is 0 Å². The van der Waals surface area contributed by atoms with Gasteiger partial charge in [-0.3, -0.25) is 10.2 Å². The second kappa shape index (κ2) is 6.05. The van der Waals surface area contributed by atoms with Crippen LogP contribution in [0.5, 0.6) is 0 Å². The van der Waals surface area contributed by atoms with Gasteiger partial charge in [0, 0.05) is 12.6 Å². The predicted octanol–water partition coefficient (Wildman–Crippen LogP) is 0.885. The van der Waals surface area contributed by atoms with Crippen molar-refractivity contribution in [2.75, 3.05) is 13.6 Å². The van der Waals surface area contributed by atoms with Crippen molar-refractivity contribution in [2.24, 2.45) is 11.8 Å². The van der Waals surface area contributed by atoms with Gasteiger partial charge in [-0.2, -0.15) is 13.2 Å². The second-order valence-corrected chi connectivity index (χ2v) is 3.88. The van der Waals surface area contributed by atoms with Crippen LogP contribution in [-0.4, -0.2) is 36.6 Å². The van der Waals surface area contributed by atoms with E-state index in [-0.39, 0.29) is 18.5 Å². The molecule has 0 aliphatic carbocycles. The van der Waals surface area contributed by atoms with E-state index in [0.717, 1.165) is 0 Å². The third-order valence-electron chi connectivity index (χ3n) is 2.72. The Bertz CT molecular complexity index is 233. The van der Waals surface area contributed by atoms with Crippen molar-refractivity contribution in [1.82, 2.24) is 10.3 Å². The summed E-state index contributed by atoms with van der Waals surface area (Å²) in [6, 6.07) is -0.300. The molecule has 0 bridgehead atoms. The smallest absolute Gasteiger partial charge is 0.303 e. The highest BCUT2D eigenvalue weighted by Gasteiger charge is 2.29. The summed E-state index contributed by atoms with van der Waals surface area (Å²) in [5.41, 5.74) is 1.99. The number of carbonyl (C=O) groups excluding carboxylic acids is 1. The van der Waals surface area contributed by atoms with Crippen molar-refractivity contribution >= 4 is 5.91 Å². The Balaban J connectivity index is 4.17. The number of nitrogens with two attached hydrogens (primary N) is 1. The van der Waals surface area contributed by atoms with E-state index >= 15 is 0 Å². The van der Waals surface area contributed by atoms with Crippen LogP contribution in [-0.2, 0) is 4.79 Å². The van der Waals surface area contributed by atoms with Gasteiger partial charge >= 0.3 is 6.18 Å². The molecule has 0 heterocycles. The molecule has 0 saturated heterocycles. The third-order valence-corrected chi connectivity index (χ3v) is 2.72. The first kappa shape index (κ1) is 15.2. The van der Waals surface area contributed by atoms with Gasteiger partial charge in [-0.15, -0.1) is 0 Å². The standard InChI is InChI=1S/C9H18F3N3O/c1-6(8(16)14-13)7(2)15(3)5-4-9(10,11)12/h6-7H,4-5,13H2,1-3H3,(H,14,16). The number of carbonyl (C=O) groups is 1. The summed E-state index contributed by atoms with van der Waals surface area (Å²) in [7, 11) is 1.55. The summed E-state index contributed by atoms with van der Waals surface area (Å²) in [4.78, 5) is 12.7. The molecule has 4 nitrogen and oxygen atoms in total. The zero-order chi connectivity index (χ0) is 12.9. The quantitative estimate of drug-likeness (QED) is 0.427. The van der Waals surface area contributed by atoms with Crippen LogP contribution in [0.2, 0.25) is 0 Å². The Morgan fingerprint density at radius 3 is 2.31 bits per heavy atom. The van der Waals surface area contributed by atoms with Crippen LogP contribution >= 0.6 is 0 Å². The van der Waals surface area contributed by atoms with Gasteiger partial charge in [-0.25, -0.2) is 5.84 Å². The summed E-state index contributed by atoms with van der Waals surface area (Å²) in [6.07, 6.45) is -5.06. The number of alkyl halides is 3. The topological polar surface area (TPSA) is 58.4 Å². The molecule has 0 rings (SSSR count). The summed E-state index contributed by atoms with van der Waals surface area (Å²) in [5, 5.41) is 0. The average molecular weight is 241 g/mol. The molecule has 0 aliphatic rings. The van der Waals surface area contributed by atoms with Gasteiger partial charge in [0.2, 0.25) is 5.91 Å². The number of hydrogen-bond acceptors (Lipinski definition) is 3. The molecule has 0 aromatic rings. The Kier molecular flexibility index (Phi) is 5.74. The van der Waals surface area contributed by atoms with Crippen molar-refractivity contribution in [3.8, 4) is 0 Å². The van der Waals surface area contributed by atoms with Crippen molar-refractivity contribution in [3.63, 3.8) is 0 Å². The third kappa shape index (κ3) is 5.32. The van der Waals surface area contributed by atoms with Gasteiger partial charge in [-0.05, 0) is 14.0 Å². The Labute approximate surface area is 92.9 Å². The molecule has 0 aromatic heterocycles.